The molecule has 0 aliphatic carbocycles. The molecule has 110 valence electrons. The average Bonchev–Trinajstić information content (AvgIpc) is 2.39. The quantitative estimate of drug-likeness (QED) is 0.843. The molecule has 2 heteroatoms. The Morgan fingerprint density at radius 2 is 1.75 bits per heavy atom. The van der Waals surface area contributed by atoms with Crippen molar-refractivity contribution in [2.24, 2.45) is 5.41 Å². The summed E-state index contributed by atoms with van der Waals surface area (Å²) >= 11 is 0. The normalized spacial score (nSPS) is 38.0. The molecule has 2 nitrogen and oxygen atoms in total. The molecule has 0 radical (unpaired) electrons. The molecule has 2 saturated heterocycles. The van der Waals surface area contributed by atoms with Crippen LogP contribution < -0.4 is 5.32 Å². The zero-order chi connectivity index (χ0) is 14.2. The number of nitrogens with one attached hydrogen (secondary N) is 1. The molecule has 0 bridgehead atoms. The number of hydrogen-bond acceptors (Lipinski definition) is 2. The Morgan fingerprint density at radius 3 is 2.40 bits per heavy atom. The minimum absolute atomic E-state index is 0.393. The highest BCUT2D eigenvalue weighted by Crippen LogP contribution is 2.50. The summed E-state index contributed by atoms with van der Waals surface area (Å²) in [7, 11) is 0. The molecule has 3 atom stereocenters. The third-order valence-corrected chi connectivity index (χ3v) is 5.22. The molecule has 0 amide bonds. The molecule has 0 saturated carbocycles. The minimum Gasteiger partial charge on any atom is -0.376 e. The van der Waals surface area contributed by atoms with Crippen molar-refractivity contribution in [3.05, 3.63) is 35.4 Å². The molecule has 3 unspecified atom stereocenters. The minimum atomic E-state index is 0.393. The van der Waals surface area contributed by atoms with Crippen LogP contribution in [0.5, 0.6) is 0 Å². The molecular formula is C18H27NO. The summed E-state index contributed by atoms with van der Waals surface area (Å²) in [5.41, 5.74) is 3.28. The van der Waals surface area contributed by atoms with Gasteiger partial charge in [0.25, 0.3) is 0 Å². The maximum Gasteiger partial charge on any atom is 0.0556 e. The maximum atomic E-state index is 6.00. The van der Waals surface area contributed by atoms with Crippen molar-refractivity contribution in [3.63, 3.8) is 0 Å². The van der Waals surface area contributed by atoms with Crippen LogP contribution in [0.3, 0.4) is 0 Å². The maximum absolute atomic E-state index is 6.00. The lowest BCUT2D eigenvalue weighted by Crippen LogP contribution is -2.49. The summed E-state index contributed by atoms with van der Waals surface area (Å²) in [5.74, 6) is 0.630. The number of aryl methyl sites for hydroxylation is 1. The van der Waals surface area contributed by atoms with Gasteiger partial charge < -0.3 is 10.1 Å². The van der Waals surface area contributed by atoms with Crippen molar-refractivity contribution in [2.45, 2.75) is 58.2 Å². The zero-order valence-electron chi connectivity index (χ0n) is 13.0. The van der Waals surface area contributed by atoms with Crippen molar-refractivity contribution in [1.29, 1.82) is 0 Å². The molecule has 2 aliphatic rings. The summed E-state index contributed by atoms with van der Waals surface area (Å²) < 4.78 is 6.00. The number of ether oxygens (including phenoxy) is 1. The van der Waals surface area contributed by atoms with Gasteiger partial charge in [0.05, 0.1) is 12.2 Å². The van der Waals surface area contributed by atoms with Gasteiger partial charge in [-0.2, -0.15) is 0 Å². The Bertz CT molecular complexity index is 443. The molecular weight excluding hydrogens is 246 g/mol. The zero-order valence-corrected chi connectivity index (χ0v) is 13.0. The Kier molecular flexibility index (Phi) is 3.87. The van der Waals surface area contributed by atoms with E-state index in [0.29, 0.717) is 23.5 Å². The predicted molar refractivity (Wildman–Crippen MR) is 83.1 cm³/mol. The van der Waals surface area contributed by atoms with Gasteiger partial charge in [0.1, 0.15) is 0 Å². The summed E-state index contributed by atoms with van der Waals surface area (Å²) in [6, 6.07) is 9.17. The first-order valence-corrected chi connectivity index (χ1v) is 8.02. The summed E-state index contributed by atoms with van der Waals surface area (Å²) in [4.78, 5) is 0. The molecule has 1 aromatic rings. The van der Waals surface area contributed by atoms with Gasteiger partial charge in [-0.3, -0.25) is 0 Å². The van der Waals surface area contributed by atoms with Gasteiger partial charge in [0, 0.05) is 12.5 Å². The van der Waals surface area contributed by atoms with E-state index in [2.05, 4.69) is 50.4 Å². The van der Waals surface area contributed by atoms with Crippen LogP contribution in [0.25, 0.3) is 0 Å². The Hall–Kier alpha value is -0.860. The molecule has 1 N–H and O–H groups in total. The predicted octanol–water partition coefficient (Wildman–Crippen LogP) is 3.65. The van der Waals surface area contributed by atoms with Crippen LogP contribution in [-0.4, -0.2) is 25.3 Å². The molecule has 2 heterocycles. The third-order valence-electron chi connectivity index (χ3n) is 5.22. The van der Waals surface area contributed by atoms with Crippen molar-refractivity contribution in [1.82, 2.24) is 5.32 Å². The largest absolute Gasteiger partial charge is 0.376 e. The van der Waals surface area contributed by atoms with Crippen molar-refractivity contribution in [2.75, 3.05) is 13.1 Å². The van der Waals surface area contributed by atoms with E-state index in [1.54, 1.807) is 0 Å². The summed E-state index contributed by atoms with van der Waals surface area (Å²) in [6.07, 6.45) is 4.48. The second-order valence-corrected chi connectivity index (χ2v) is 6.95. The monoisotopic (exact) mass is 273 g/mol. The highest BCUT2D eigenvalue weighted by molar-refractivity contribution is 5.28. The fourth-order valence-electron chi connectivity index (χ4n) is 4.45. The van der Waals surface area contributed by atoms with E-state index in [4.69, 9.17) is 4.74 Å². The highest BCUT2D eigenvalue weighted by Gasteiger charge is 2.46. The first-order chi connectivity index (χ1) is 9.59. The third kappa shape index (κ3) is 2.64. The second kappa shape index (κ2) is 5.50. The topological polar surface area (TPSA) is 21.3 Å². The Morgan fingerprint density at radius 1 is 1.10 bits per heavy atom. The van der Waals surface area contributed by atoms with E-state index in [0.717, 1.165) is 13.1 Å². The van der Waals surface area contributed by atoms with Gasteiger partial charge in [0.15, 0.2) is 0 Å². The number of piperidine rings is 1. The van der Waals surface area contributed by atoms with E-state index >= 15 is 0 Å². The standard InChI is InChI=1S/C18H27NO/c1-13-4-6-16(7-5-13)17-12-19-9-8-18(17)10-14(2)20-15(3)11-18/h4-7,14-15,17,19H,8-12H2,1-3H3. The van der Waals surface area contributed by atoms with Gasteiger partial charge in [-0.1, -0.05) is 29.8 Å². The lowest BCUT2D eigenvalue weighted by atomic mass is 9.61. The number of hydrogen-bond donors (Lipinski definition) is 1. The fraction of sp³-hybridized carbons (Fsp3) is 0.667. The van der Waals surface area contributed by atoms with E-state index in [1.807, 2.05) is 0 Å². The van der Waals surface area contributed by atoms with Gasteiger partial charge in [-0.15, -0.1) is 0 Å². The van der Waals surface area contributed by atoms with Crippen LogP contribution >= 0.6 is 0 Å². The van der Waals surface area contributed by atoms with Crippen LogP contribution in [-0.2, 0) is 4.74 Å². The van der Waals surface area contributed by atoms with Crippen LogP contribution in [0.4, 0.5) is 0 Å². The van der Waals surface area contributed by atoms with E-state index in [9.17, 15) is 0 Å². The van der Waals surface area contributed by atoms with Gasteiger partial charge >= 0.3 is 0 Å². The van der Waals surface area contributed by atoms with E-state index in [-0.39, 0.29) is 0 Å². The summed E-state index contributed by atoms with van der Waals surface area (Å²) in [5, 5.41) is 3.61. The SMILES string of the molecule is Cc1ccc(C2CNCCC23CC(C)OC(C)C3)cc1. The van der Waals surface area contributed by atoms with Gasteiger partial charge in [-0.05, 0) is 57.6 Å². The second-order valence-electron chi connectivity index (χ2n) is 6.95. The van der Waals surface area contributed by atoms with Crippen molar-refractivity contribution >= 4 is 0 Å². The van der Waals surface area contributed by atoms with Gasteiger partial charge in [-0.25, -0.2) is 0 Å². The van der Waals surface area contributed by atoms with Crippen molar-refractivity contribution < 1.29 is 4.74 Å². The first-order valence-electron chi connectivity index (χ1n) is 8.02. The Labute approximate surface area is 122 Å². The molecule has 2 aliphatic heterocycles. The van der Waals surface area contributed by atoms with Crippen LogP contribution in [0.2, 0.25) is 0 Å². The lowest BCUT2D eigenvalue weighted by molar-refractivity contribution is -0.103. The highest BCUT2D eigenvalue weighted by atomic mass is 16.5. The van der Waals surface area contributed by atoms with Crippen LogP contribution in [0.15, 0.2) is 24.3 Å². The fourth-order valence-corrected chi connectivity index (χ4v) is 4.45. The number of rotatable bonds is 1. The first kappa shape index (κ1) is 14.1. The molecule has 3 rings (SSSR count). The summed E-state index contributed by atoms with van der Waals surface area (Å²) in [6.45, 7) is 8.92. The van der Waals surface area contributed by atoms with Crippen LogP contribution in [0.1, 0.15) is 50.2 Å². The van der Waals surface area contributed by atoms with E-state index in [1.165, 1.54) is 30.4 Å². The van der Waals surface area contributed by atoms with Crippen LogP contribution in [0, 0.1) is 12.3 Å². The molecule has 1 aromatic carbocycles. The average molecular weight is 273 g/mol. The van der Waals surface area contributed by atoms with E-state index < -0.39 is 0 Å². The molecule has 2 fully saturated rings. The Balaban J connectivity index is 1.92. The molecule has 0 aromatic heterocycles. The number of benzene rings is 1. The molecule has 20 heavy (non-hydrogen) atoms. The van der Waals surface area contributed by atoms with Crippen molar-refractivity contribution in [3.8, 4) is 0 Å². The smallest absolute Gasteiger partial charge is 0.0556 e. The lowest BCUT2D eigenvalue weighted by Gasteiger charge is -2.50. The molecule has 1 spiro atoms. The van der Waals surface area contributed by atoms with Gasteiger partial charge in [0.2, 0.25) is 0 Å².